The minimum atomic E-state index is -0.761. The summed E-state index contributed by atoms with van der Waals surface area (Å²) in [4.78, 5) is 19.2. The van der Waals surface area contributed by atoms with E-state index in [0.29, 0.717) is 59.1 Å². The zero-order chi connectivity index (χ0) is 34.7. The van der Waals surface area contributed by atoms with E-state index in [0.717, 1.165) is 88.5 Å². The Morgan fingerprint density at radius 2 is 1.90 bits per heavy atom. The molecule has 0 radical (unpaired) electrons. The van der Waals surface area contributed by atoms with Crippen LogP contribution in [0.3, 0.4) is 0 Å². The van der Waals surface area contributed by atoms with E-state index in [1.807, 2.05) is 11.0 Å². The second-order valence-corrected chi connectivity index (χ2v) is 15.4. The van der Waals surface area contributed by atoms with Crippen molar-refractivity contribution in [3.05, 3.63) is 28.7 Å². The first-order valence-electron chi connectivity index (χ1n) is 18.5. The average Bonchev–Trinajstić information content (AvgIpc) is 3.79. The van der Waals surface area contributed by atoms with Crippen LogP contribution in [0.25, 0.3) is 33.1 Å². The maximum Gasteiger partial charge on any atom is 0.319 e. The number of aliphatic hydroxyl groups excluding tert-OH is 1. The van der Waals surface area contributed by atoms with Gasteiger partial charge in [0.05, 0.1) is 44.7 Å². The SMILES string of the molecule is COc1nc(-c2c(C3CC3)c(Cl)cc3[nH]ncc23)c(F)c2nc(OCC34CCCC3N(C3CCOCC3)CCC4)nc(N3CCOCC(O)C3)c12. The number of hydrogen-bond acceptors (Lipinski definition) is 11. The molecule has 3 aromatic heterocycles. The zero-order valence-electron chi connectivity index (χ0n) is 29.0. The predicted octanol–water partition coefficient (Wildman–Crippen LogP) is 5.64. The lowest BCUT2D eigenvalue weighted by Gasteiger charge is -2.50. The number of benzene rings is 1. The summed E-state index contributed by atoms with van der Waals surface area (Å²) >= 11 is 6.87. The predicted molar refractivity (Wildman–Crippen MR) is 190 cm³/mol. The highest BCUT2D eigenvalue weighted by molar-refractivity contribution is 6.33. The molecule has 0 amide bonds. The Balaban J connectivity index is 1.16. The van der Waals surface area contributed by atoms with Gasteiger partial charge in [-0.25, -0.2) is 9.37 Å². The molecule has 2 N–H and O–H groups in total. The number of likely N-dealkylation sites (tertiary alicyclic amines) is 1. The van der Waals surface area contributed by atoms with E-state index in [9.17, 15) is 5.11 Å². The highest BCUT2D eigenvalue weighted by Gasteiger charge is 2.50. The maximum absolute atomic E-state index is 17.4. The molecule has 4 aromatic rings. The number of fused-ring (bicyclic) bond motifs is 3. The topological polar surface area (TPSA) is 131 Å². The van der Waals surface area contributed by atoms with Gasteiger partial charge in [0.15, 0.2) is 5.82 Å². The Labute approximate surface area is 301 Å². The number of β-amino-alcohol motifs (C(OH)–C–C–N with tert-alkyl or cyclic N) is 1. The molecule has 2 aliphatic carbocycles. The number of halogens is 2. The first kappa shape index (κ1) is 33.5. The lowest BCUT2D eigenvalue weighted by atomic mass is 9.74. The molecular weight excluding hydrogens is 677 g/mol. The van der Waals surface area contributed by atoms with Crippen LogP contribution in [0, 0.1) is 11.2 Å². The summed E-state index contributed by atoms with van der Waals surface area (Å²) < 4.78 is 41.3. The molecule has 0 spiro atoms. The molecule has 5 fully saturated rings. The van der Waals surface area contributed by atoms with E-state index in [1.54, 1.807) is 6.20 Å². The van der Waals surface area contributed by atoms with E-state index in [4.69, 9.17) is 45.5 Å². The van der Waals surface area contributed by atoms with Crippen LogP contribution in [0.1, 0.15) is 69.3 Å². The van der Waals surface area contributed by atoms with Gasteiger partial charge in [-0.15, -0.1) is 0 Å². The summed E-state index contributed by atoms with van der Waals surface area (Å²) in [6.45, 7) is 4.41. The fourth-order valence-corrected chi connectivity index (χ4v) is 9.76. The summed E-state index contributed by atoms with van der Waals surface area (Å²) in [6, 6.07) is 2.89. The normalized spacial score (nSPS) is 26.5. The van der Waals surface area contributed by atoms with Gasteiger partial charge < -0.3 is 29.0 Å². The number of pyridine rings is 1. The number of ether oxygens (including phenoxy) is 4. The van der Waals surface area contributed by atoms with Crippen molar-refractivity contribution in [2.75, 3.05) is 64.7 Å². The minimum absolute atomic E-state index is 0.0336. The Hall–Kier alpha value is -3.36. The van der Waals surface area contributed by atoms with Crippen LogP contribution in [0.15, 0.2) is 12.3 Å². The molecule has 51 heavy (non-hydrogen) atoms. The first-order valence-corrected chi connectivity index (χ1v) is 18.9. The molecular formula is C37H45ClFN7O5. The fourth-order valence-electron chi connectivity index (χ4n) is 9.40. The third kappa shape index (κ3) is 5.98. The Morgan fingerprint density at radius 1 is 1.06 bits per heavy atom. The lowest BCUT2D eigenvalue weighted by Crippen LogP contribution is -2.56. The van der Waals surface area contributed by atoms with Crippen LogP contribution in [0.5, 0.6) is 11.9 Å². The maximum atomic E-state index is 17.4. The standard InChI is InChI=1S/C37H45ClFN7O5/c1-48-35-30-33(31(39)32(41-35)29-24-17-40-44-26(24)16-25(38)28(29)21-5-6-21)42-36(43-34(30)45-12-15-50-19-23(47)18-45)51-20-37-9-2-4-27(37)46(11-3-10-37)22-7-13-49-14-8-22/h16-17,21-23,27,47H,2-15,18-20H2,1H3,(H,40,44). The van der Waals surface area contributed by atoms with E-state index in [1.165, 1.54) is 7.11 Å². The van der Waals surface area contributed by atoms with Gasteiger partial charge >= 0.3 is 6.01 Å². The van der Waals surface area contributed by atoms with E-state index >= 15 is 4.39 Å². The van der Waals surface area contributed by atoms with Crippen molar-refractivity contribution in [2.45, 2.75) is 81.9 Å². The number of nitrogens with zero attached hydrogens (tertiary/aromatic N) is 6. The second-order valence-electron chi connectivity index (χ2n) is 15.0. The Morgan fingerprint density at radius 3 is 2.73 bits per heavy atom. The van der Waals surface area contributed by atoms with Gasteiger partial charge in [-0.1, -0.05) is 18.0 Å². The van der Waals surface area contributed by atoms with Crippen LogP contribution < -0.4 is 14.4 Å². The molecule has 272 valence electrons. The van der Waals surface area contributed by atoms with Crippen LogP contribution >= 0.6 is 11.6 Å². The summed E-state index contributed by atoms with van der Waals surface area (Å²) in [5.74, 6) is 0.153. The van der Waals surface area contributed by atoms with Crippen LogP contribution in [0.2, 0.25) is 5.02 Å². The zero-order valence-corrected chi connectivity index (χ0v) is 29.8. The van der Waals surface area contributed by atoms with Gasteiger partial charge in [0.25, 0.3) is 0 Å². The number of aromatic amines is 1. The number of rotatable bonds is 8. The van der Waals surface area contributed by atoms with Crippen molar-refractivity contribution in [3.8, 4) is 23.1 Å². The Kier molecular flexibility index (Phi) is 8.90. The quantitative estimate of drug-likeness (QED) is 0.235. The number of aliphatic hydroxyl groups is 1. The van der Waals surface area contributed by atoms with Gasteiger partial charge in [0.1, 0.15) is 22.4 Å². The summed E-state index contributed by atoms with van der Waals surface area (Å²) in [5, 5.41) is 19.6. The van der Waals surface area contributed by atoms with Crippen molar-refractivity contribution in [3.63, 3.8) is 0 Å². The summed E-state index contributed by atoms with van der Waals surface area (Å²) in [6.07, 6.45) is 10.5. The first-order chi connectivity index (χ1) is 24.9. The molecule has 1 aromatic carbocycles. The van der Waals surface area contributed by atoms with Gasteiger partial charge in [-0.05, 0) is 75.5 Å². The molecule has 14 heteroatoms. The van der Waals surface area contributed by atoms with Gasteiger partial charge in [0, 0.05) is 59.8 Å². The number of H-pyrrole nitrogens is 1. The third-order valence-electron chi connectivity index (χ3n) is 11.9. The molecule has 12 nitrogen and oxygen atoms in total. The number of aromatic nitrogens is 5. The molecule has 0 bridgehead atoms. The van der Waals surface area contributed by atoms with Gasteiger partial charge in [-0.3, -0.25) is 10.00 Å². The highest BCUT2D eigenvalue weighted by Crippen LogP contribution is 2.52. The number of piperidine rings is 1. The minimum Gasteiger partial charge on any atom is -0.480 e. The highest BCUT2D eigenvalue weighted by atomic mass is 35.5. The van der Waals surface area contributed by atoms with Crippen molar-refractivity contribution in [1.82, 2.24) is 30.0 Å². The Bertz CT molecular complexity index is 1940. The third-order valence-corrected chi connectivity index (χ3v) is 12.2. The van der Waals surface area contributed by atoms with Gasteiger partial charge in [0.2, 0.25) is 5.88 Å². The van der Waals surface area contributed by atoms with Gasteiger partial charge in [-0.2, -0.15) is 15.1 Å². The van der Waals surface area contributed by atoms with E-state index in [2.05, 4.69) is 15.1 Å². The molecule has 5 aliphatic rings. The van der Waals surface area contributed by atoms with Crippen molar-refractivity contribution >= 4 is 39.2 Å². The lowest BCUT2D eigenvalue weighted by molar-refractivity contribution is -0.0511. The number of methoxy groups -OCH3 is 1. The molecule has 2 saturated carbocycles. The summed E-state index contributed by atoms with van der Waals surface area (Å²) in [5.41, 5.74) is 2.25. The molecule has 3 aliphatic heterocycles. The summed E-state index contributed by atoms with van der Waals surface area (Å²) in [7, 11) is 1.51. The van der Waals surface area contributed by atoms with Crippen LogP contribution in [-0.4, -0.2) is 113 Å². The van der Waals surface area contributed by atoms with Crippen molar-refractivity contribution < 1.29 is 28.4 Å². The molecule has 3 atom stereocenters. The number of hydrogen-bond donors (Lipinski definition) is 2. The van der Waals surface area contributed by atoms with Crippen LogP contribution in [-0.2, 0) is 9.47 Å². The average molecular weight is 722 g/mol. The smallest absolute Gasteiger partial charge is 0.319 e. The fraction of sp³-hybridized carbons (Fsp3) is 0.622. The van der Waals surface area contributed by atoms with Crippen molar-refractivity contribution in [1.29, 1.82) is 0 Å². The molecule has 6 heterocycles. The molecule has 9 rings (SSSR count). The number of nitrogens with one attached hydrogen (secondary N) is 1. The largest absolute Gasteiger partial charge is 0.480 e. The van der Waals surface area contributed by atoms with Crippen molar-refractivity contribution in [2.24, 2.45) is 5.41 Å². The second kappa shape index (κ2) is 13.6. The number of anilines is 1. The van der Waals surface area contributed by atoms with Crippen LogP contribution in [0.4, 0.5) is 10.2 Å². The van der Waals surface area contributed by atoms with E-state index in [-0.39, 0.29) is 47.6 Å². The molecule has 3 saturated heterocycles. The monoisotopic (exact) mass is 721 g/mol. The molecule has 3 unspecified atom stereocenters. The van der Waals surface area contributed by atoms with E-state index < -0.39 is 11.9 Å².